The number of furan rings is 1. The normalized spacial score (nSPS) is 10.9. The van der Waals surface area contributed by atoms with Crippen molar-refractivity contribution in [3.8, 4) is 11.3 Å². The van der Waals surface area contributed by atoms with E-state index in [-0.39, 0.29) is 16.5 Å². The number of amides is 1. The monoisotopic (exact) mass is 446 g/mol. The number of hydrogen-bond donors (Lipinski definition) is 2. The molecule has 0 bridgehead atoms. The molecule has 3 aromatic rings. The van der Waals surface area contributed by atoms with E-state index in [9.17, 15) is 9.59 Å². The van der Waals surface area contributed by atoms with Crippen molar-refractivity contribution < 1.29 is 19.1 Å². The van der Waals surface area contributed by atoms with Gasteiger partial charge in [0.05, 0.1) is 16.8 Å². The standard InChI is InChI=1S/C19H12BrClN2O4/c20-13-4-1-11(2-5-13)18(24)23-22-10-14-6-8-17(27-14)12-3-7-15(19(25)26)16(21)9-12/h1-10H,(H,23,24)(H,25,26). The Morgan fingerprint density at radius 2 is 1.85 bits per heavy atom. The van der Waals surface area contributed by atoms with Gasteiger partial charge in [-0.2, -0.15) is 5.10 Å². The molecule has 1 aromatic heterocycles. The van der Waals surface area contributed by atoms with Crippen molar-refractivity contribution in [3.63, 3.8) is 0 Å². The average Bonchev–Trinajstić information content (AvgIpc) is 3.10. The third kappa shape index (κ3) is 4.64. The Morgan fingerprint density at radius 1 is 1.11 bits per heavy atom. The molecule has 2 aromatic carbocycles. The Hall–Kier alpha value is -2.90. The molecule has 0 aliphatic carbocycles. The van der Waals surface area contributed by atoms with Crippen LogP contribution in [0.5, 0.6) is 0 Å². The van der Waals surface area contributed by atoms with Crippen LogP contribution in [0.3, 0.4) is 0 Å². The number of rotatable bonds is 5. The van der Waals surface area contributed by atoms with Gasteiger partial charge in [-0.3, -0.25) is 4.79 Å². The Labute approximate surface area is 167 Å². The molecule has 6 nitrogen and oxygen atoms in total. The largest absolute Gasteiger partial charge is 0.478 e. The van der Waals surface area contributed by atoms with E-state index >= 15 is 0 Å². The molecule has 2 N–H and O–H groups in total. The second kappa shape index (κ2) is 8.20. The first-order valence-electron chi connectivity index (χ1n) is 7.66. The lowest BCUT2D eigenvalue weighted by Crippen LogP contribution is -2.17. The Kier molecular flexibility index (Phi) is 5.73. The smallest absolute Gasteiger partial charge is 0.337 e. The summed E-state index contributed by atoms with van der Waals surface area (Å²) >= 11 is 9.27. The van der Waals surface area contributed by atoms with Crippen LogP contribution >= 0.6 is 27.5 Å². The van der Waals surface area contributed by atoms with E-state index in [1.807, 2.05) is 0 Å². The van der Waals surface area contributed by atoms with E-state index in [4.69, 9.17) is 21.1 Å². The van der Waals surface area contributed by atoms with Gasteiger partial charge >= 0.3 is 5.97 Å². The van der Waals surface area contributed by atoms with Crippen molar-refractivity contribution in [2.45, 2.75) is 0 Å². The number of hydrazone groups is 1. The molecule has 8 heteroatoms. The third-order valence-corrected chi connectivity index (χ3v) is 4.42. The highest BCUT2D eigenvalue weighted by Crippen LogP contribution is 2.27. The fourth-order valence-electron chi connectivity index (χ4n) is 2.24. The summed E-state index contributed by atoms with van der Waals surface area (Å²) in [5, 5.41) is 13.0. The Bertz CT molecular complexity index is 1030. The van der Waals surface area contributed by atoms with Crippen molar-refractivity contribution >= 4 is 45.6 Å². The zero-order chi connectivity index (χ0) is 19.4. The number of aromatic carboxylic acids is 1. The molecule has 136 valence electrons. The number of benzene rings is 2. The van der Waals surface area contributed by atoms with Gasteiger partial charge in [0.25, 0.3) is 5.91 Å². The number of halogens is 2. The molecule has 0 aliphatic heterocycles. The fourth-order valence-corrected chi connectivity index (χ4v) is 2.77. The number of carboxylic acid groups (broad SMARTS) is 1. The first-order valence-corrected chi connectivity index (χ1v) is 8.83. The lowest BCUT2D eigenvalue weighted by molar-refractivity contribution is 0.0696. The number of nitrogens with one attached hydrogen (secondary N) is 1. The van der Waals surface area contributed by atoms with Crippen molar-refractivity contribution in [2.75, 3.05) is 0 Å². The molecule has 0 atom stereocenters. The second-order valence-corrected chi connectivity index (χ2v) is 6.73. The summed E-state index contributed by atoms with van der Waals surface area (Å²) in [7, 11) is 0. The predicted molar refractivity (Wildman–Crippen MR) is 105 cm³/mol. The number of carbonyl (C=O) groups is 2. The van der Waals surface area contributed by atoms with Crippen LogP contribution in [0.15, 0.2) is 68.6 Å². The van der Waals surface area contributed by atoms with Gasteiger partial charge in [0, 0.05) is 15.6 Å². The molecule has 0 spiro atoms. The van der Waals surface area contributed by atoms with Crippen LogP contribution in [0.25, 0.3) is 11.3 Å². The molecule has 0 saturated carbocycles. The summed E-state index contributed by atoms with van der Waals surface area (Å²) in [5.74, 6) is -0.532. The fraction of sp³-hybridized carbons (Fsp3) is 0. The maximum absolute atomic E-state index is 12.0. The van der Waals surface area contributed by atoms with Crippen molar-refractivity contribution in [1.29, 1.82) is 0 Å². The van der Waals surface area contributed by atoms with E-state index < -0.39 is 5.97 Å². The Morgan fingerprint density at radius 3 is 2.52 bits per heavy atom. The van der Waals surface area contributed by atoms with E-state index in [0.29, 0.717) is 22.6 Å². The van der Waals surface area contributed by atoms with E-state index in [1.165, 1.54) is 18.3 Å². The van der Waals surface area contributed by atoms with Gasteiger partial charge in [0.2, 0.25) is 0 Å². The van der Waals surface area contributed by atoms with Crippen molar-refractivity contribution in [1.82, 2.24) is 5.43 Å². The molecule has 0 unspecified atom stereocenters. The highest BCUT2D eigenvalue weighted by molar-refractivity contribution is 9.10. The molecule has 0 radical (unpaired) electrons. The minimum Gasteiger partial charge on any atom is -0.478 e. The number of carboxylic acids is 1. The molecular weight excluding hydrogens is 436 g/mol. The molecule has 0 aliphatic rings. The summed E-state index contributed by atoms with van der Waals surface area (Å²) in [5.41, 5.74) is 3.54. The SMILES string of the molecule is O=C(NN=Cc1ccc(-c2ccc(C(=O)O)c(Cl)c2)o1)c1ccc(Br)cc1. The van der Waals surface area contributed by atoms with Crippen LogP contribution in [-0.2, 0) is 0 Å². The molecule has 1 heterocycles. The average molecular weight is 448 g/mol. The van der Waals surface area contributed by atoms with Gasteiger partial charge in [-0.1, -0.05) is 33.6 Å². The number of carbonyl (C=O) groups excluding carboxylic acids is 1. The predicted octanol–water partition coefficient (Wildman–Crippen LogP) is 4.82. The van der Waals surface area contributed by atoms with E-state index in [0.717, 1.165) is 4.47 Å². The first kappa shape index (κ1) is 18.9. The lowest BCUT2D eigenvalue weighted by atomic mass is 10.1. The Balaban J connectivity index is 1.68. The summed E-state index contributed by atoms with van der Waals surface area (Å²) in [6.45, 7) is 0. The summed E-state index contributed by atoms with van der Waals surface area (Å²) in [6, 6.07) is 14.8. The third-order valence-electron chi connectivity index (χ3n) is 3.58. The summed E-state index contributed by atoms with van der Waals surface area (Å²) in [6.07, 6.45) is 1.37. The van der Waals surface area contributed by atoms with Crippen LogP contribution in [0.1, 0.15) is 26.5 Å². The van der Waals surface area contributed by atoms with Gasteiger partial charge in [0.15, 0.2) is 0 Å². The van der Waals surface area contributed by atoms with E-state index in [1.54, 1.807) is 42.5 Å². The van der Waals surface area contributed by atoms with Gasteiger partial charge < -0.3 is 9.52 Å². The van der Waals surface area contributed by atoms with Gasteiger partial charge in [-0.05, 0) is 48.5 Å². The lowest BCUT2D eigenvalue weighted by Gasteiger charge is -2.01. The van der Waals surface area contributed by atoms with Crippen LogP contribution in [-0.4, -0.2) is 23.2 Å². The minimum atomic E-state index is -1.10. The van der Waals surface area contributed by atoms with Crippen LogP contribution in [0, 0.1) is 0 Å². The zero-order valence-corrected chi connectivity index (χ0v) is 16.0. The maximum atomic E-state index is 12.0. The summed E-state index contributed by atoms with van der Waals surface area (Å²) < 4.78 is 6.49. The van der Waals surface area contributed by atoms with E-state index in [2.05, 4.69) is 26.5 Å². The van der Waals surface area contributed by atoms with Crippen molar-refractivity contribution in [3.05, 3.63) is 81.0 Å². The van der Waals surface area contributed by atoms with Crippen molar-refractivity contribution in [2.24, 2.45) is 5.10 Å². The molecule has 27 heavy (non-hydrogen) atoms. The second-order valence-electron chi connectivity index (χ2n) is 5.41. The highest BCUT2D eigenvalue weighted by Gasteiger charge is 2.11. The van der Waals surface area contributed by atoms with Gasteiger partial charge in [-0.15, -0.1) is 0 Å². The molecule has 0 saturated heterocycles. The number of hydrogen-bond acceptors (Lipinski definition) is 4. The number of nitrogens with zero attached hydrogens (tertiary/aromatic N) is 1. The maximum Gasteiger partial charge on any atom is 0.337 e. The first-order chi connectivity index (χ1) is 12.9. The van der Waals surface area contributed by atoms with Crippen LogP contribution in [0.4, 0.5) is 0 Å². The van der Waals surface area contributed by atoms with Crippen LogP contribution < -0.4 is 5.43 Å². The topological polar surface area (TPSA) is 91.9 Å². The molecule has 0 fully saturated rings. The van der Waals surface area contributed by atoms with Crippen LogP contribution in [0.2, 0.25) is 5.02 Å². The molecular formula is C19H12BrClN2O4. The zero-order valence-electron chi connectivity index (χ0n) is 13.6. The summed E-state index contributed by atoms with van der Waals surface area (Å²) in [4.78, 5) is 23.0. The quantitative estimate of drug-likeness (QED) is 0.433. The van der Waals surface area contributed by atoms with Gasteiger partial charge in [0.1, 0.15) is 11.5 Å². The molecule has 1 amide bonds. The van der Waals surface area contributed by atoms with Gasteiger partial charge in [-0.25, -0.2) is 10.2 Å². The molecule has 3 rings (SSSR count). The highest BCUT2D eigenvalue weighted by atomic mass is 79.9. The minimum absolute atomic E-state index is 0.0180.